The molecule has 1 fully saturated rings. The Morgan fingerprint density at radius 2 is 2.24 bits per heavy atom. The first-order chi connectivity index (χ1) is 16.4. The molecule has 1 saturated heterocycles. The van der Waals surface area contributed by atoms with Crippen LogP contribution >= 0.6 is 34.7 Å². The van der Waals surface area contributed by atoms with E-state index in [0.29, 0.717) is 11.6 Å². The zero-order valence-electron chi connectivity index (χ0n) is 19.0. The van der Waals surface area contributed by atoms with E-state index in [2.05, 4.69) is 9.88 Å². The highest BCUT2D eigenvalue weighted by atomic mass is 35.5. The summed E-state index contributed by atoms with van der Waals surface area (Å²) >= 11 is 9.27. The van der Waals surface area contributed by atoms with E-state index in [4.69, 9.17) is 16.3 Å². The Bertz CT molecular complexity index is 1140. The van der Waals surface area contributed by atoms with Crippen LogP contribution in [-0.4, -0.2) is 53.5 Å². The maximum atomic E-state index is 13.1. The Morgan fingerprint density at radius 1 is 1.38 bits per heavy atom. The number of hydrogen-bond donors (Lipinski definition) is 1. The average Bonchev–Trinajstić information content (AvgIpc) is 3.25. The smallest absolute Gasteiger partial charge is 0.308 e. The number of carboxylic acid groups (broad SMARTS) is 1. The van der Waals surface area contributed by atoms with Crippen LogP contribution in [-0.2, 0) is 11.2 Å². The predicted octanol–water partition coefficient (Wildman–Crippen LogP) is 6.24. The number of rotatable bonds is 10. The number of likely N-dealkylation sites (tertiary alicyclic amines) is 1. The van der Waals surface area contributed by atoms with E-state index in [-0.39, 0.29) is 17.0 Å². The van der Waals surface area contributed by atoms with Crippen LogP contribution in [0.1, 0.15) is 24.8 Å². The van der Waals surface area contributed by atoms with Gasteiger partial charge in [-0.2, -0.15) is 4.39 Å². The highest BCUT2D eigenvalue weighted by Crippen LogP contribution is 2.33. The highest BCUT2D eigenvalue weighted by Gasteiger charge is 2.33. The number of halogens is 2. The molecule has 2 aromatic heterocycles. The number of benzene rings is 1. The maximum Gasteiger partial charge on any atom is 0.308 e. The summed E-state index contributed by atoms with van der Waals surface area (Å²) in [5.41, 5.74) is 1.91. The summed E-state index contributed by atoms with van der Waals surface area (Å²) in [7, 11) is 1.64. The number of carboxylic acids is 1. The second-order valence-electron chi connectivity index (χ2n) is 8.56. The molecule has 1 aliphatic heterocycles. The molecule has 0 bridgehead atoms. The SMILES string of the molecule is COc1ccc2ncc(Cl)c(CCC[C@H]3CCN(CCSc4ccc(F)s4)C[C@H]3C(=O)O)c2c1. The molecule has 0 radical (unpaired) electrons. The Labute approximate surface area is 212 Å². The molecule has 5 nitrogen and oxygen atoms in total. The van der Waals surface area contributed by atoms with E-state index in [9.17, 15) is 14.3 Å². The van der Waals surface area contributed by atoms with Crippen molar-refractivity contribution in [3.05, 3.63) is 52.2 Å². The van der Waals surface area contributed by atoms with Gasteiger partial charge < -0.3 is 14.7 Å². The Morgan fingerprint density at radius 3 is 2.97 bits per heavy atom. The van der Waals surface area contributed by atoms with Gasteiger partial charge >= 0.3 is 5.97 Å². The van der Waals surface area contributed by atoms with Crippen molar-refractivity contribution in [3.8, 4) is 5.75 Å². The molecule has 4 rings (SSSR count). The number of fused-ring (bicyclic) bond motifs is 1. The molecular formula is C25H28ClFN2O3S2. The topological polar surface area (TPSA) is 62.7 Å². The molecule has 0 amide bonds. The van der Waals surface area contributed by atoms with E-state index >= 15 is 0 Å². The summed E-state index contributed by atoms with van der Waals surface area (Å²) in [6.07, 6.45) is 5.04. The number of thiophene rings is 1. The van der Waals surface area contributed by atoms with E-state index < -0.39 is 5.97 Å². The summed E-state index contributed by atoms with van der Waals surface area (Å²) in [5.74, 6) is 0.642. The first-order valence-electron chi connectivity index (χ1n) is 11.4. The highest BCUT2D eigenvalue weighted by molar-refractivity contribution is 8.01. The number of ether oxygens (including phenoxy) is 1. The molecule has 9 heteroatoms. The number of aromatic nitrogens is 1. The number of pyridine rings is 1. The van der Waals surface area contributed by atoms with Crippen LogP contribution in [0.15, 0.2) is 40.7 Å². The summed E-state index contributed by atoms with van der Waals surface area (Å²) < 4.78 is 19.5. The lowest BCUT2D eigenvalue weighted by Crippen LogP contribution is -2.44. The summed E-state index contributed by atoms with van der Waals surface area (Å²) in [4.78, 5) is 18.7. The van der Waals surface area contributed by atoms with Crippen LogP contribution in [0.4, 0.5) is 4.39 Å². The van der Waals surface area contributed by atoms with Crippen LogP contribution in [0.2, 0.25) is 5.02 Å². The molecule has 0 unspecified atom stereocenters. The zero-order chi connectivity index (χ0) is 24.1. The minimum absolute atomic E-state index is 0.147. The first kappa shape index (κ1) is 25.2. The molecule has 0 saturated carbocycles. The molecule has 34 heavy (non-hydrogen) atoms. The van der Waals surface area contributed by atoms with Gasteiger partial charge in [0.25, 0.3) is 0 Å². The van der Waals surface area contributed by atoms with Crippen molar-refractivity contribution >= 4 is 51.6 Å². The number of aryl methyl sites for hydroxylation is 1. The van der Waals surface area contributed by atoms with Crippen LogP contribution in [0.5, 0.6) is 5.75 Å². The number of carbonyl (C=O) groups is 1. The van der Waals surface area contributed by atoms with Crippen molar-refractivity contribution in [1.29, 1.82) is 0 Å². The van der Waals surface area contributed by atoms with E-state index in [1.54, 1.807) is 31.1 Å². The van der Waals surface area contributed by atoms with Crippen LogP contribution in [0.25, 0.3) is 10.9 Å². The lowest BCUT2D eigenvalue weighted by molar-refractivity contribution is -0.146. The third kappa shape index (κ3) is 6.22. The third-order valence-electron chi connectivity index (χ3n) is 6.49. The van der Waals surface area contributed by atoms with Crippen molar-refractivity contribution in [1.82, 2.24) is 9.88 Å². The van der Waals surface area contributed by atoms with Crippen molar-refractivity contribution in [3.63, 3.8) is 0 Å². The summed E-state index contributed by atoms with van der Waals surface area (Å²) in [6.45, 7) is 2.26. The predicted molar refractivity (Wildman–Crippen MR) is 137 cm³/mol. The molecule has 3 heterocycles. The Balaban J connectivity index is 1.32. The molecule has 1 aliphatic rings. The fourth-order valence-corrected chi connectivity index (χ4v) is 6.82. The third-order valence-corrected chi connectivity index (χ3v) is 8.90. The van der Waals surface area contributed by atoms with E-state index in [1.807, 2.05) is 18.2 Å². The first-order valence-corrected chi connectivity index (χ1v) is 13.6. The monoisotopic (exact) mass is 522 g/mol. The minimum Gasteiger partial charge on any atom is -0.497 e. The molecule has 1 N–H and O–H groups in total. The standard InChI is InChI=1S/C25H28ClFN2O3S2/c1-32-17-5-6-22-19(13-17)18(21(26)14-28-22)4-2-3-16-9-10-29(15-20(16)25(30)31)11-12-33-24-8-7-23(27)34-24/h5-8,13-14,16,20H,2-4,9-12,15H2,1H3,(H,30,31)/t16-,20+/m0/s1. The number of nitrogens with zero attached hydrogens (tertiary/aromatic N) is 2. The van der Waals surface area contributed by atoms with Gasteiger partial charge in [0.2, 0.25) is 0 Å². The van der Waals surface area contributed by atoms with Gasteiger partial charge in [0.1, 0.15) is 5.75 Å². The second-order valence-corrected chi connectivity index (χ2v) is 11.4. The van der Waals surface area contributed by atoms with Gasteiger partial charge in [-0.05, 0) is 74.0 Å². The quantitative estimate of drug-likeness (QED) is 0.318. The van der Waals surface area contributed by atoms with Crippen molar-refractivity contribution in [2.75, 3.05) is 32.5 Å². The largest absolute Gasteiger partial charge is 0.497 e. The van der Waals surface area contributed by atoms with Gasteiger partial charge in [0.15, 0.2) is 5.13 Å². The maximum absolute atomic E-state index is 13.1. The van der Waals surface area contributed by atoms with Crippen molar-refractivity contribution < 1.29 is 19.0 Å². The molecule has 3 aromatic rings. The number of piperidine rings is 1. The zero-order valence-corrected chi connectivity index (χ0v) is 21.4. The lowest BCUT2D eigenvalue weighted by atomic mass is 9.81. The number of thioether (sulfide) groups is 1. The van der Waals surface area contributed by atoms with Gasteiger partial charge in [-0.15, -0.1) is 11.8 Å². The van der Waals surface area contributed by atoms with Gasteiger partial charge in [0.05, 0.1) is 27.8 Å². The molecule has 0 aliphatic carbocycles. The molecule has 0 spiro atoms. The Kier molecular flexibility index (Phi) is 8.69. The molecule has 182 valence electrons. The summed E-state index contributed by atoms with van der Waals surface area (Å²) in [6, 6.07) is 9.06. The number of hydrogen-bond acceptors (Lipinski definition) is 6. The van der Waals surface area contributed by atoms with Crippen molar-refractivity contribution in [2.24, 2.45) is 11.8 Å². The molecule has 2 atom stereocenters. The Hall–Kier alpha value is -1.87. The molecule has 1 aromatic carbocycles. The van der Waals surface area contributed by atoms with Crippen molar-refractivity contribution in [2.45, 2.75) is 29.9 Å². The van der Waals surface area contributed by atoms with E-state index in [0.717, 1.165) is 82.3 Å². The second kappa shape index (κ2) is 11.7. The number of aliphatic carboxylic acids is 1. The van der Waals surface area contributed by atoms with Gasteiger partial charge in [-0.1, -0.05) is 22.9 Å². The van der Waals surface area contributed by atoms with Gasteiger partial charge in [0, 0.05) is 30.4 Å². The van der Waals surface area contributed by atoms with Gasteiger partial charge in [-0.25, -0.2) is 0 Å². The van der Waals surface area contributed by atoms with Crippen LogP contribution in [0, 0.1) is 17.0 Å². The molecular weight excluding hydrogens is 495 g/mol. The van der Waals surface area contributed by atoms with Crippen LogP contribution in [0.3, 0.4) is 0 Å². The summed E-state index contributed by atoms with van der Waals surface area (Å²) in [5, 5.41) is 11.3. The van der Waals surface area contributed by atoms with E-state index in [1.165, 1.54) is 6.07 Å². The lowest BCUT2D eigenvalue weighted by Gasteiger charge is -2.36. The fourth-order valence-electron chi connectivity index (χ4n) is 4.67. The fraction of sp³-hybridized carbons (Fsp3) is 0.440. The van der Waals surface area contributed by atoms with Gasteiger partial charge in [-0.3, -0.25) is 9.78 Å². The minimum atomic E-state index is -0.722. The number of methoxy groups -OCH3 is 1. The normalized spacial score (nSPS) is 18.9. The van der Waals surface area contributed by atoms with Crippen LogP contribution < -0.4 is 4.74 Å². The average molecular weight is 523 g/mol.